The van der Waals surface area contributed by atoms with E-state index in [2.05, 4.69) is 15.6 Å². The van der Waals surface area contributed by atoms with E-state index in [1.54, 1.807) is 24.3 Å². The lowest BCUT2D eigenvalue weighted by Crippen LogP contribution is -2.41. The van der Waals surface area contributed by atoms with Crippen LogP contribution in [0.5, 0.6) is 5.75 Å². The Bertz CT molecular complexity index is 1030. The molecule has 3 heterocycles. The lowest BCUT2D eigenvalue weighted by Gasteiger charge is -2.30. The largest absolute Gasteiger partial charge is 0.482 e. The number of fused-ring (bicyclic) bond motifs is 1. The molecule has 0 spiro atoms. The summed E-state index contributed by atoms with van der Waals surface area (Å²) < 4.78 is 32.0. The highest BCUT2D eigenvalue weighted by atomic mass is 32.2. The van der Waals surface area contributed by atoms with Crippen molar-refractivity contribution in [1.29, 1.82) is 0 Å². The number of hydrogen-bond acceptors (Lipinski definition) is 6. The third kappa shape index (κ3) is 4.08. The second-order valence-corrected chi connectivity index (χ2v) is 8.84. The van der Waals surface area contributed by atoms with E-state index < -0.39 is 10.0 Å². The fraction of sp³-hybridized carbons (Fsp3) is 0.316. The third-order valence-corrected chi connectivity index (χ3v) is 6.86. The van der Waals surface area contributed by atoms with Crippen LogP contribution in [0.15, 0.2) is 47.6 Å². The molecule has 10 heteroatoms. The van der Waals surface area contributed by atoms with Gasteiger partial charge in [0.05, 0.1) is 5.69 Å². The minimum atomic E-state index is -3.60. The molecule has 0 saturated carbocycles. The average Bonchev–Trinajstić information content (AvgIpc) is 2.74. The van der Waals surface area contributed by atoms with Gasteiger partial charge in [-0.1, -0.05) is 0 Å². The van der Waals surface area contributed by atoms with Gasteiger partial charge in [0.15, 0.2) is 6.61 Å². The minimum absolute atomic E-state index is 0.0285. The Morgan fingerprint density at radius 2 is 2.03 bits per heavy atom. The van der Waals surface area contributed by atoms with E-state index in [0.717, 1.165) is 0 Å². The molecule has 29 heavy (non-hydrogen) atoms. The molecule has 0 atom stereocenters. The molecule has 152 valence electrons. The molecular formula is C19H20N4O5S. The molecule has 1 saturated heterocycles. The van der Waals surface area contributed by atoms with Crippen molar-refractivity contribution in [2.75, 3.05) is 30.3 Å². The summed E-state index contributed by atoms with van der Waals surface area (Å²) in [6.45, 7) is 0.506. The number of nitrogens with zero attached hydrogens (tertiary/aromatic N) is 2. The number of amides is 2. The first-order valence-corrected chi connectivity index (χ1v) is 10.7. The SMILES string of the molecule is O=C1COc2ccc(NC(=O)C3CCN(S(=O)(=O)c4cccnc4)CC3)cc2N1. The Morgan fingerprint density at radius 1 is 1.24 bits per heavy atom. The Labute approximate surface area is 168 Å². The quantitative estimate of drug-likeness (QED) is 0.779. The Balaban J connectivity index is 1.37. The van der Waals surface area contributed by atoms with Crippen LogP contribution < -0.4 is 15.4 Å². The number of nitrogens with one attached hydrogen (secondary N) is 2. The van der Waals surface area contributed by atoms with E-state index in [-0.39, 0.29) is 42.3 Å². The van der Waals surface area contributed by atoms with E-state index in [4.69, 9.17) is 4.74 Å². The topological polar surface area (TPSA) is 118 Å². The van der Waals surface area contributed by atoms with E-state index in [1.807, 2.05) is 0 Å². The van der Waals surface area contributed by atoms with Gasteiger partial charge in [0.1, 0.15) is 10.6 Å². The van der Waals surface area contributed by atoms with Crippen LogP contribution in [0.2, 0.25) is 0 Å². The van der Waals surface area contributed by atoms with Crippen LogP contribution in [0.4, 0.5) is 11.4 Å². The van der Waals surface area contributed by atoms with Gasteiger partial charge >= 0.3 is 0 Å². The van der Waals surface area contributed by atoms with Crippen LogP contribution in [-0.4, -0.2) is 49.2 Å². The monoisotopic (exact) mass is 416 g/mol. The number of carbonyl (C=O) groups is 2. The molecule has 0 unspecified atom stereocenters. The fourth-order valence-corrected chi connectivity index (χ4v) is 4.85. The average molecular weight is 416 g/mol. The number of ether oxygens (including phenoxy) is 1. The predicted molar refractivity (Wildman–Crippen MR) is 105 cm³/mol. The first-order valence-electron chi connectivity index (χ1n) is 9.21. The van der Waals surface area contributed by atoms with Crippen LogP contribution in [-0.2, 0) is 19.6 Å². The molecule has 0 radical (unpaired) electrons. The summed E-state index contributed by atoms with van der Waals surface area (Å²) in [6, 6.07) is 8.13. The number of piperidine rings is 1. The highest BCUT2D eigenvalue weighted by Crippen LogP contribution is 2.31. The number of rotatable bonds is 4. The van der Waals surface area contributed by atoms with Gasteiger partial charge in [-0.05, 0) is 43.2 Å². The van der Waals surface area contributed by atoms with Crippen molar-refractivity contribution in [2.24, 2.45) is 5.92 Å². The summed E-state index contributed by atoms with van der Waals surface area (Å²) in [6.07, 6.45) is 3.70. The number of carbonyl (C=O) groups excluding carboxylic acids is 2. The lowest BCUT2D eigenvalue weighted by molar-refractivity contribution is -0.121. The molecule has 1 fully saturated rings. The molecule has 0 bridgehead atoms. The van der Waals surface area contributed by atoms with Gasteiger partial charge in [0.2, 0.25) is 15.9 Å². The minimum Gasteiger partial charge on any atom is -0.482 e. The highest BCUT2D eigenvalue weighted by Gasteiger charge is 2.32. The lowest BCUT2D eigenvalue weighted by atomic mass is 9.97. The van der Waals surface area contributed by atoms with Crippen LogP contribution >= 0.6 is 0 Å². The Kier molecular flexibility index (Phi) is 5.20. The number of aromatic nitrogens is 1. The molecule has 2 aliphatic heterocycles. The van der Waals surface area contributed by atoms with Gasteiger partial charge in [-0.2, -0.15) is 4.31 Å². The molecule has 9 nitrogen and oxygen atoms in total. The number of anilines is 2. The molecule has 2 aliphatic rings. The van der Waals surface area contributed by atoms with Crippen molar-refractivity contribution < 1.29 is 22.7 Å². The molecule has 1 aromatic carbocycles. The maximum atomic E-state index is 12.7. The van der Waals surface area contributed by atoms with Crippen molar-refractivity contribution in [3.05, 3.63) is 42.7 Å². The fourth-order valence-electron chi connectivity index (χ4n) is 3.41. The zero-order valence-electron chi connectivity index (χ0n) is 15.5. The van der Waals surface area contributed by atoms with Crippen molar-refractivity contribution in [3.63, 3.8) is 0 Å². The van der Waals surface area contributed by atoms with Crippen molar-refractivity contribution >= 4 is 33.2 Å². The van der Waals surface area contributed by atoms with Gasteiger partial charge in [0.25, 0.3) is 5.91 Å². The van der Waals surface area contributed by atoms with Crippen molar-refractivity contribution in [1.82, 2.24) is 9.29 Å². The van der Waals surface area contributed by atoms with Gasteiger partial charge in [0, 0.05) is 37.1 Å². The van der Waals surface area contributed by atoms with Gasteiger partial charge in [-0.25, -0.2) is 8.42 Å². The van der Waals surface area contributed by atoms with E-state index in [0.29, 0.717) is 30.0 Å². The number of hydrogen-bond donors (Lipinski definition) is 2. The molecular weight excluding hydrogens is 396 g/mol. The first kappa shape index (κ1) is 19.3. The Hall–Kier alpha value is -2.98. The second-order valence-electron chi connectivity index (χ2n) is 6.90. The molecule has 0 aliphatic carbocycles. The van der Waals surface area contributed by atoms with Crippen LogP contribution in [0.1, 0.15) is 12.8 Å². The van der Waals surface area contributed by atoms with Gasteiger partial charge in [-0.3, -0.25) is 14.6 Å². The highest BCUT2D eigenvalue weighted by molar-refractivity contribution is 7.89. The predicted octanol–water partition coefficient (Wildman–Crippen LogP) is 1.45. The standard InChI is InChI=1S/C19H20N4O5S/c24-18-12-28-17-4-3-14(10-16(17)22-18)21-19(25)13-5-8-23(9-6-13)29(26,27)15-2-1-7-20-11-15/h1-4,7,10-11,13H,5-6,8-9,12H2,(H,21,25)(H,22,24). The summed E-state index contributed by atoms with van der Waals surface area (Å²) in [7, 11) is -3.60. The van der Waals surface area contributed by atoms with E-state index >= 15 is 0 Å². The summed E-state index contributed by atoms with van der Waals surface area (Å²) in [5, 5.41) is 5.54. The smallest absolute Gasteiger partial charge is 0.262 e. The Morgan fingerprint density at radius 3 is 2.76 bits per heavy atom. The maximum Gasteiger partial charge on any atom is 0.262 e. The number of sulfonamides is 1. The summed E-state index contributed by atoms with van der Waals surface area (Å²) in [4.78, 5) is 28.1. The second kappa shape index (κ2) is 7.80. The maximum absolute atomic E-state index is 12.7. The number of pyridine rings is 1. The first-order chi connectivity index (χ1) is 13.9. The van der Waals surface area contributed by atoms with Crippen LogP contribution in [0, 0.1) is 5.92 Å². The zero-order chi connectivity index (χ0) is 20.4. The molecule has 2 amide bonds. The number of benzene rings is 1. The molecule has 4 rings (SSSR count). The summed E-state index contributed by atoms with van der Waals surface area (Å²) >= 11 is 0. The van der Waals surface area contributed by atoms with Crippen LogP contribution in [0.25, 0.3) is 0 Å². The molecule has 2 aromatic rings. The van der Waals surface area contributed by atoms with E-state index in [9.17, 15) is 18.0 Å². The van der Waals surface area contributed by atoms with Crippen molar-refractivity contribution in [2.45, 2.75) is 17.7 Å². The molecule has 2 N–H and O–H groups in total. The van der Waals surface area contributed by atoms with Gasteiger partial charge < -0.3 is 15.4 Å². The third-order valence-electron chi connectivity index (χ3n) is 4.98. The van der Waals surface area contributed by atoms with Crippen LogP contribution in [0.3, 0.4) is 0 Å². The normalized spacial score (nSPS) is 17.7. The summed E-state index contributed by atoms with van der Waals surface area (Å²) in [5.41, 5.74) is 1.06. The summed E-state index contributed by atoms with van der Waals surface area (Å²) in [5.74, 6) is -0.164. The molecule has 1 aromatic heterocycles. The van der Waals surface area contributed by atoms with Gasteiger partial charge in [-0.15, -0.1) is 0 Å². The van der Waals surface area contributed by atoms with Crippen molar-refractivity contribution in [3.8, 4) is 5.75 Å². The van der Waals surface area contributed by atoms with E-state index in [1.165, 1.54) is 22.8 Å². The zero-order valence-corrected chi connectivity index (χ0v) is 16.3.